The number of aromatic nitrogens is 3. The molecule has 0 atom stereocenters. The highest BCUT2D eigenvalue weighted by Crippen LogP contribution is 2.15. The molecule has 0 aliphatic carbocycles. The Balaban J connectivity index is 1.18. The van der Waals surface area contributed by atoms with E-state index in [1.54, 1.807) is 35.4 Å². The highest BCUT2D eigenvalue weighted by molar-refractivity contribution is 5.70. The van der Waals surface area contributed by atoms with Gasteiger partial charge < -0.3 is 14.4 Å². The lowest BCUT2D eigenvalue weighted by atomic mass is 10.3. The molecule has 1 aliphatic rings. The second kappa shape index (κ2) is 9.23. The lowest BCUT2D eigenvalue weighted by Crippen LogP contribution is -2.50. The second-order valence-electron chi connectivity index (χ2n) is 6.68. The van der Waals surface area contributed by atoms with Crippen molar-refractivity contribution in [2.75, 3.05) is 39.3 Å². The first-order valence-corrected chi connectivity index (χ1v) is 9.57. The zero-order valence-corrected chi connectivity index (χ0v) is 16.2. The number of nitrogens with zero attached hydrogens (tertiary/aromatic N) is 4. The van der Waals surface area contributed by atoms with Crippen LogP contribution < -0.4 is 15.2 Å². The highest BCUT2D eigenvalue weighted by atomic mass is 16.6. The van der Waals surface area contributed by atoms with Crippen molar-refractivity contribution in [3.8, 4) is 23.0 Å². The molecule has 1 saturated heterocycles. The first kappa shape index (κ1) is 19.6. The van der Waals surface area contributed by atoms with E-state index < -0.39 is 5.76 Å². The molecule has 10 heteroatoms. The number of carbonyl (C=O) groups excluding carboxylic acids is 1. The molecule has 0 saturated carbocycles. The number of benzene rings is 1. The quantitative estimate of drug-likeness (QED) is 0.651. The number of hydrogen-bond donors (Lipinski definition) is 1. The largest absolute Gasteiger partial charge is 0.491 e. The van der Waals surface area contributed by atoms with Gasteiger partial charge in [0.05, 0.1) is 6.20 Å². The summed E-state index contributed by atoms with van der Waals surface area (Å²) >= 11 is 0. The molecular formula is C20H21N5O5. The van der Waals surface area contributed by atoms with Crippen LogP contribution >= 0.6 is 0 Å². The summed E-state index contributed by atoms with van der Waals surface area (Å²) in [5.74, 6) is 0.818. The van der Waals surface area contributed by atoms with Crippen LogP contribution in [-0.2, 0) is 0 Å². The first-order valence-electron chi connectivity index (χ1n) is 9.57. The van der Waals surface area contributed by atoms with Gasteiger partial charge in [0.2, 0.25) is 5.82 Å². The van der Waals surface area contributed by atoms with Gasteiger partial charge in [-0.1, -0.05) is 23.4 Å². The van der Waals surface area contributed by atoms with E-state index in [4.69, 9.17) is 9.47 Å². The molecule has 1 fully saturated rings. The Morgan fingerprint density at radius 1 is 1.07 bits per heavy atom. The van der Waals surface area contributed by atoms with Gasteiger partial charge in [-0.05, 0) is 24.3 Å². The number of para-hydroxylation sites is 1. The van der Waals surface area contributed by atoms with Gasteiger partial charge in [-0.3, -0.25) is 14.4 Å². The van der Waals surface area contributed by atoms with E-state index in [-0.39, 0.29) is 11.9 Å². The van der Waals surface area contributed by atoms with Gasteiger partial charge in [0.1, 0.15) is 23.8 Å². The van der Waals surface area contributed by atoms with Gasteiger partial charge in [0.15, 0.2) is 0 Å². The number of hydrogen-bond acceptors (Lipinski definition) is 8. The Morgan fingerprint density at radius 3 is 2.53 bits per heavy atom. The van der Waals surface area contributed by atoms with Gasteiger partial charge >= 0.3 is 11.8 Å². The molecular weight excluding hydrogens is 390 g/mol. The van der Waals surface area contributed by atoms with Crippen LogP contribution in [0.3, 0.4) is 0 Å². The molecule has 0 spiro atoms. The summed E-state index contributed by atoms with van der Waals surface area (Å²) in [6.45, 7) is 3.96. The third-order valence-electron chi connectivity index (χ3n) is 4.67. The van der Waals surface area contributed by atoms with E-state index in [0.717, 1.165) is 19.6 Å². The predicted octanol–water partition coefficient (Wildman–Crippen LogP) is 1.62. The van der Waals surface area contributed by atoms with Gasteiger partial charge in [0.25, 0.3) is 0 Å². The Kier molecular flexibility index (Phi) is 6.04. The average Bonchev–Trinajstić information content (AvgIpc) is 3.22. The first-order chi connectivity index (χ1) is 14.7. The maximum Gasteiger partial charge on any atom is 0.439 e. The zero-order valence-electron chi connectivity index (χ0n) is 16.2. The van der Waals surface area contributed by atoms with Gasteiger partial charge in [0, 0.05) is 32.7 Å². The fourth-order valence-electron chi connectivity index (χ4n) is 3.05. The topological polar surface area (TPSA) is 114 Å². The van der Waals surface area contributed by atoms with Crippen molar-refractivity contribution in [3.05, 3.63) is 59.2 Å². The Labute approximate surface area is 172 Å². The van der Waals surface area contributed by atoms with Crippen LogP contribution in [0.15, 0.2) is 58.0 Å². The third kappa shape index (κ3) is 5.03. The van der Waals surface area contributed by atoms with Gasteiger partial charge in [-0.15, -0.1) is 0 Å². The van der Waals surface area contributed by atoms with Crippen LogP contribution in [-0.4, -0.2) is 70.3 Å². The normalized spacial score (nSPS) is 14.5. The second-order valence-corrected chi connectivity index (χ2v) is 6.68. The molecule has 0 unspecified atom stereocenters. The number of pyridine rings is 1. The third-order valence-corrected chi connectivity index (χ3v) is 4.67. The Hall–Kier alpha value is -3.66. The highest BCUT2D eigenvalue weighted by Gasteiger charge is 2.22. The van der Waals surface area contributed by atoms with E-state index in [0.29, 0.717) is 36.9 Å². The SMILES string of the molecule is O=C(Oc1ccccc1)N1CCN(CCOc2ccc(-c3noc(=O)[nH]3)nc2)CC1. The number of amides is 1. The lowest BCUT2D eigenvalue weighted by Gasteiger charge is -2.33. The molecule has 4 rings (SSSR count). The molecule has 0 bridgehead atoms. The molecule has 2 aromatic heterocycles. The van der Waals surface area contributed by atoms with Crippen molar-refractivity contribution in [1.29, 1.82) is 0 Å². The van der Waals surface area contributed by atoms with E-state index >= 15 is 0 Å². The lowest BCUT2D eigenvalue weighted by molar-refractivity contribution is 0.103. The van der Waals surface area contributed by atoms with Crippen molar-refractivity contribution in [2.24, 2.45) is 0 Å². The van der Waals surface area contributed by atoms with Crippen LogP contribution in [0.4, 0.5) is 4.79 Å². The summed E-state index contributed by atoms with van der Waals surface area (Å²) in [5.41, 5.74) is 0.492. The minimum Gasteiger partial charge on any atom is -0.491 e. The van der Waals surface area contributed by atoms with Crippen LogP contribution in [0.1, 0.15) is 0 Å². The minimum atomic E-state index is -0.624. The van der Waals surface area contributed by atoms with Crippen molar-refractivity contribution < 1.29 is 18.8 Å². The molecule has 10 nitrogen and oxygen atoms in total. The molecule has 156 valence electrons. The predicted molar refractivity (Wildman–Crippen MR) is 106 cm³/mol. The van der Waals surface area contributed by atoms with Crippen LogP contribution in [0.2, 0.25) is 0 Å². The zero-order chi connectivity index (χ0) is 20.8. The molecule has 1 N–H and O–H groups in total. The summed E-state index contributed by atoms with van der Waals surface area (Å²) in [5, 5.41) is 3.59. The summed E-state index contributed by atoms with van der Waals surface area (Å²) in [6.07, 6.45) is 1.25. The number of ether oxygens (including phenoxy) is 2. The molecule has 1 aliphatic heterocycles. The summed E-state index contributed by atoms with van der Waals surface area (Å²) in [4.78, 5) is 33.8. The fourth-order valence-corrected chi connectivity index (χ4v) is 3.05. The van der Waals surface area contributed by atoms with Gasteiger partial charge in [-0.2, -0.15) is 0 Å². The number of aromatic amines is 1. The Bertz CT molecular complexity index is 1010. The summed E-state index contributed by atoms with van der Waals surface area (Å²) in [7, 11) is 0. The monoisotopic (exact) mass is 411 g/mol. The van der Waals surface area contributed by atoms with E-state index in [1.807, 2.05) is 18.2 Å². The van der Waals surface area contributed by atoms with E-state index in [2.05, 4.69) is 24.5 Å². The van der Waals surface area contributed by atoms with Crippen LogP contribution in [0.5, 0.6) is 11.5 Å². The van der Waals surface area contributed by atoms with Crippen LogP contribution in [0, 0.1) is 0 Å². The maximum atomic E-state index is 12.2. The summed E-state index contributed by atoms with van der Waals surface area (Å²) in [6, 6.07) is 12.5. The molecule has 0 radical (unpaired) electrons. The molecule has 3 aromatic rings. The molecule has 1 aromatic carbocycles. The minimum absolute atomic E-state index is 0.273. The molecule has 3 heterocycles. The Morgan fingerprint density at radius 2 is 1.87 bits per heavy atom. The molecule has 1 amide bonds. The van der Waals surface area contributed by atoms with Gasteiger partial charge in [-0.25, -0.2) is 14.6 Å². The van der Waals surface area contributed by atoms with E-state index in [1.165, 1.54) is 0 Å². The van der Waals surface area contributed by atoms with Crippen LogP contribution in [0.25, 0.3) is 11.5 Å². The number of piperazine rings is 1. The smallest absolute Gasteiger partial charge is 0.439 e. The fraction of sp³-hybridized carbons (Fsp3) is 0.300. The number of nitrogens with one attached hydrogen (secondary N) is 1. The average molecular weight is 411 g/mol. The van der Waals surface area contributed by atoms with Crippen molar-refractivity contribution in [3.63, 3.8) is 0 Å². The number of carbonyl (C=O) groups is 1. The number of rotatable bonds is 6. The standard InChI is InChI=1S/C20H21N5O5/c26-19-22-18(23-30-19)17-7-6-16(14-21-17)28-13-12-24-8-10-25(11-9-24)20(27)29-15-4-2-1-3-5-15/h1-7,14H,8-13H2,(H,22,23,26). The number of H-pyrrole nitrogens is 1. The van der Waals surface area contributed by atoms with E-state index in [9.17, 15) is 9.59 Å². The van der Waals surface area contributed by atoms with Crippen molar-refractivity contribution in [1.82, 2.24) is 24.9 Å². The maximum absolute atomic E-state index is 12.2. The summed E-state index contributed by atoms with van der Waals surface area (Å²) < 4.78 is 15.6. The van der Waals surface area contributed by atoms with Crippen molar-refractivity contribution >= 4 is 6.09 Å². The van der Waals surface area contributed by atoms with Crippen molar-refractivity contribution in [2.45, 2.75) is 0 Å². The molecule has 30 heavy (non-hydrogen) atoms.